The third-order valence-corrected chi connectivity index (χ3v) is 17.6. The van der Waals surface area contributed by atoms with Crippen molar-refractivity contribution >= 4 is 84.7 Å². The van der Waals surface area contributed by atoms with Crippen LogP contribution in [0, 0.1) is 29.2 Å². The molecule has 14 aromatic rings. The van der Waals surface area contributed by atoms with Gasteiger partial charge >= 0.3 is 0 Å². The van der Waals surface area contributed by atoms with Crippen LogP contribution >= 0.6 is 0 Å². The first-order valence-corrected chi connectivity index (χ1v) is 29.5. The van der Waals surface area contributed by atoms with Crippen molar-refractivity contribution in [1.29, 1.82) is 10.5 Å². The number of hydrogen-bond acceptors (Lipinski definition) is 4. The van der Waals surface area contributed by atoms with Crippen LogP contribution in [0.2, 0.25) is 0 Å². The van der Waals surface area contributed by atoms with Crippen LogP contribution in [0.25, 0.3) is 99.1 Å². The van der Waals surface area contributed by atoms with Gasteiger partial charge in [-0.05, 0) is 181 Å². The van der Waals surface area contributed by atoms with Gasteiger partial charge in [0.15, 0.2) is 5.69 Å². The van der Waals surface area contributed by atoms with Crippen LogP contribution in [0.5, 0.6) is 0 Å². The Labute approximate surface area is 511 Å². The molecule has 0 N–H and O–H groups in total. The molecule has 0 atom stereocenters. The minimum absolute atomic E-state index is 0.169. The van der Waals surface area contributed by atoms with E-state index in [1.807, 2.05) is 18.2 Å². The molecule has 16 rings (SSSR count). The predicted molar refractivity (Wildman–Crippen MR) is 363 cm³/mol. The van der Waals surface area contributed by atoms with Gasteiger partial charge in [0.25, 0.3) is 6.71 Å². The Morgan fingerprint density at radius 2 is 0.761 bits per heavy atom. The number of hydrogen-bond donors (Lipinski definition) is 0. The van der Waals surface area contributed by atoms with Crippen molar-refractivity contribution in [2.75, 3.05) is 9.80 Å². The largest absolute Gasteiger partial charge is 0.311 e. The van der Waals surface area contributed by atoms with Gasteiger partial charge < -0.3 is 14.4 Å². The Balaban J connectivity index is 0.966. The zero-order chi connectivity index (χ0) is 58.8. The maximum Gasteiger partial charge on any atom is 0.252 e. The van der Waals surface area contributed by atoms with E-state index in [-0.39, 0.29) is 6.71 Å². The van der Waals surface area contributed by atoms with Crippen LogP contribution in [0.3, 0.4) is 0 Å². The molecular formula is C81H49BN6. The summed E-state index contributed by atoms with van der Waals surface area (Å²) in [5.74, 6) is 0. The molecule has 0 spiro atoms. The highest BCUT2D eigenvalue weighted by molar-refractivity contribution is 7.00. The fourth-order valence-electron chi connectivity index (χ4n) is 13.6. The molecule has 0 saturated heterocycles. The molecule has 0 radical (unpaired) electrons. The lowest BCUT2D eigenvalue weighted by Crippen LogP contribution is -2.61. The van der Waals surface area contributed by atoms with Crippen molar-refractivity contribution < 1.29 is 0 Å². The van der Waals surface area contributed by atoms with Gasteiger partial charge in [0.05, 0.1) is 41.0 Å². The number of aromatic nitrogens is 1. The Morgan fingerprint density at radius 1 is 0.318 bits per heavy atom. The van der Waals surface area contributed by atoms with E-state index in [9.17, 15) is 10.5 Å². The zero-order valence-corrected chi connectivity index (χ0v) is 47.6. The first kappa shape index (κ1) is 51.4. The van der Waals surface area contributed by atoms with E-state index in [2.05, 4.69) is 292 Å². The van der Waals surface area contributed by atoms with E-state index in [0.29, 0.717) is 22.4 Å². The highest BCUT2D eigenvalue weighted by Gasteiger charge is 2.44. The SMILES string of the molecule is [C-]#[N+]c1cc(C#N)cc(-c2cc(C#N)ccc2-n2c3ccccc3c3cc(-c4cc5c6c(c4)N(c4ccc(-c7ccccc7)cc4)c4ccc(-c7ccccc7)cc4B6c4cc(-c6ccccc6)ccc4N5c4ccc(-c5ccccc5)cc4)ccc32)c1. The fraction of sp³-hybridized carbons (Fsp3) is 0. The summed E-state index contributed by atoms with van der Waals surface area (Å²) >= 11 is 0. The number of para-hydroxylation sites is 1. The number of benzene rings is 13. The average molecular weight is 1120 g/mol. The van der Waals surface area contributed by atoms with Crippen LogP contribution in [-0.2, 0) is 0 Å². The summed E-state index contributed by atoms with van der Waals surface area (Å²) in [6.07, 6.45) is 0. The second kappa shape index (κ2) is 21.1. The lowest BCUT2D eigenvalue weighted by Gasteiger charge is -2.44. The molecule has 88 heavy (non-hydrogen) atoms. The number of nitriles is 2. The number of rotatable bonds is 9. The van der Waals surface area contributed by atoms with E-state index in [1.165, 1.54) is 16.4 Å². The van der Waals surface area contributed by atoms with E-state index in [4.69, 9.17) is 6.57 Å². The molecule has 13 aromatic carbocycles. The molecule has 2 aliphatic rings. The standard InChI is InChI=1S/C81H49BN6/c1-85-66-43-54(52-84)42-65(45-66)70-44-53(51-83)26-38-75(70)88-74-25-15-14-24-69(74)71-46-61(31-39-76(71)88)64-49-79-81-80(50-64)87(68-36-29-60(30-37-68)56-18-8-3-9-19-56)78-41-33-63(58-22-12-5-13-23-58)48-73(78)82(81)72-47-62(57-20-10-4-11-21-57)32-40-77(72)86(79)67-34-27-59(28-35-67)55-16-6-2-7-17-55/h2-50H. The molecule has 6 nitrogen and oxygen atoms in total. The van der Waals surface area contributed by atoms with Gasteiger partial charge in [-0.2, -0.15) is 10.5 Å². The van der Waals surface area contributed by atoms with Gasteiger partial charge in [-0.1, -0.05) is 194 Å². The topological polar surface area (TPSA) is 63.4 Å². The van der Waals surface area contributed by atoms with Gasteiger partial charge in [-0.25, -0.2) is 4.85 Å². The molecule has 0 bridgehead atoms. The molecule has 406 valence electrons. The molecule has 3 heterocycles. The van der Waals surface area contributed by atoms with Gasteiger partial charge in [0.2, 0.25) is 0 Å². The molecule has 0 unspecified atom stereocenters. The summed E-state index contributed by atoms with van der Waals surface area (Å²) in [4.78, 5) is 8.73. The van der Waals surface area contributed by atoms with E-state index < -0.39 is 0 Å². The van der Waals surface area contributed by atoms with Crippen LogP contribution in [0.4, 0.5) is 39.8 Å². The molecule has 0 fully saturated rings. The Morgan fingerprint density at radius 3 is 1.28 bits per heavy atom. The lowest BCUT2D eigenvalue weighted by atomic mass is 9.33. The van der Waals surface area contributed by atoms with Gasteiger partial charge in [0.1, 0.15) is 0 Å². The van der Waals surface area contributed by atoms with Gasteiger partial charge in [-0.15, -0.1) is 0 Å². The molecular weight excluding hydrogens is 1070 g/mol. The van der Waals surface area contributed by atoms with Crippen molar-refractivity contribution in [3.8, 4) is 84.6 Å². The smallest absolute Gasteiger partial charge is 0.252 e. The highest BCUT2D eigenvalue weighted by atomic mass is 15.2. The van der Waals surface area contributed by atoms with E-state index in [0.717, 1.165) is 123 Å². The summed E-state index contributed by atoms with van der Waals surface area (Å²) in [6, 6.07) is 110. The number of nitrogens with zero attached hydrogens (tertiary/aromatic N) is 6. The Kier molecular flexibility index (Phi) is 12.4. The third kappa shape index (κ3) is 8.64. The molecule has 7 heteroatoms. The average Bonchev–Trinajstić information content (AvgIpc) is 0.842. The summed E-state index contributed by atoms with van der Waals surface area (Å²) < 4.78 is 2.26. The predicted octanol–water partition coefficient (Wildman–Crippen LogP) is 19.2. The molecule has 0 aliphatic carbocycles. The maximum absolute atomic E-state index is 10.3. The van der Waals surface area contributed by atoms with E-state index in [1.54, 1.807) is 18.2 Å². The molecule has 0 saturated carbocycles. The van der Waals surface area contributed by atoms with Crippen molar-refractivity contribution in [3.05, 3.63) is 320 Å². The quantitative estimate of drug-likeness (QED) is 0.107. The summed E-state index contributed by atoms with van der Waals surface area (Å²) in [7, 11) is 0. The van der Waals surface area contributed by atoms with Crippen LogP contribution in [0.15, 0.2) is 297 Å². The summed E-state index contributed by atoms with van der Waals surface area (Å²) in [5.41, 5.74) is 27.0. The minimum Gasteiger partial charge on any atom is -0.311 e. The summed E-state index contributed by atoms with van der Waals surface area (Å²) in [6.45, 7) is 7.75. The maximum atomic E-state index is 10.3. The second-order valence-electron chi connectivity index (χ2n) is 22.6. The summed E-state index contributed by atoms with van der Waals surface area (Å²) in [5, 5.41) is 22.5. The number of fused-ring (bicyclic) bond motifs is 7. The first-order valence-electron chi connectivity index (χ1n) is 29.5. The zero-order valence-electron chi connectivity index (χ0n) is 47.6. The van der Waals surface area contributed by atoms with E-state index >= 15 is 0 Å². The fourth-order valence-corrected chi connectivity index (χ4v) is 13.6. The molecule has 2 aliphatic heterocycles. The monoisotopic (exact) mass is 1120 g/mol. The van der Waals surface area contributed by atoms with Crippen molar-refractivity contribution in [3.63, 3.8) is 0 Å². The van der Waals surface area contributed by atoms with Crippen LogP contribution < -0.4 is 26.2 Å². The first-order chi connectivity index (χ1) is 43.5. The number of anilines is 6. The molecule has 0 amide bonds. The van der Waals surface area contributed by atoms with Crippen LogP contribution in [-0.4, -0.2) is 11.3 Å². The Bertz CT molecular complexity index is 5000. The van der Waals surface area contributed by atoms with Gasteiger partial charge in [-0.3, -0.25) is 0 Å². The van der Waals surface area contributed by atoms with Crippen molar-refractivity contribution in [2.45, 2.75) is 0 Å². The highest BCUT2D eigenvalue weighted by Crippen LogP contribution is 2.49. The third-order valence-electron chi connectivity index (χ3n) is 17.6. The molecule has 1 aromatic heterocycles. The van der Waals surface area contributed by atoms with Gasteiger partial charge in [0, 0.05) is 56.0 Å². The van der Waals surface area contributed by atoms with Crippen molar-refractivity contribution in [1.82, 2.24) is 4.57 Å². The normalized spacial score (nSPS) is 12.0. The lowest BCUT2D eigenvalue weighted by molar-refractivity contribution is 1.18. The Hall–Kier alpha value is -12.2. The second-order valence-corrected chi connectivity index (χ2v) is 22.6. The minimum atomic E-state index is -0.169. The van der Waals surface area contributed by atoms with Crippen LogP contribution in [0.1, 0.15) is 11.1 Å². The van der Waals surface area contributed by atoms with Crippen molar-refractivity contribution in [2.24, 2.45) is 0 Å².